The van der Waals surface area contributed by atoms with Crippen LogP contribution in [-0.4, -0.2) is 55.3 Å². The predicted molar refractivity (Wildman–Crippen MR) is 107 cm³/mol. The Morgan fingerprint density at radius 3 is 2.79 bits per heavy atom. The van der Waals surface area contributed by atoms with Crippen molar-refractivity contribution in [3.05, 3.63) is 40.1 Å². The molecule has 8 nitrogen and oxygen atoms in total. The Bertz CT molecular complexity index is 972. The Labute approximate surface area is 172 Å². The summed E-state index contributed by atoms with van der Waals surface area (Å²) in [4.78, 5) is 40.5. The van der Waals surface area contributed by atoms with Crippen LogP contribution >= 0.6 is 11.8 Å². The van der Waals surface area contributed by atoms with Crippen LogP contribution in [0.25, 0.3) is 0 Å². The minimum absolute atomic E-state index is 0.0265. The van der Waals surface area contributed by atoms with E-state index < -0.39 is 0 Å². The molecular weight excluding hydrogens is 390 g/mol. The first-order chi connectivity index (χ1) is 14.2. The molecule has 1 aliphatic carbocycles. The maximum atomic E-state index is 12.9. The number of thioether (sulfide) groups is 1. The van der Waals surface area contributed by atoms with Gasteiger partial charge in [-0.2, -0.15) is 0 Å². The van der Waals surface area contributed by atoms with Crippen molar-refractivity contribution in [1.82, 2.24) is 24.4 Å². The summed E-state index contributed by atoms with van der Waals surface area (Å²) in [7, 11) is 0. The summed E-state index contributed by atoms with van der Waals surface area (Å²) >= 11 is 1.59. The monoisotopic (exact) mass is 413 g/mol. The molecule has 2 aromatic heterocycles. The largest absolute Gasteiger partial charge is 0.460 e. The van der Waals surface area contributed by atoms with Crippen molar-refractivity contribution in [3.63, 3.8) is 0 Å². The number of ether oxygens (including phenoxy) is 1. The predicted octanol–water partition coefficient (Wildman–Crippen LogP) is 1.63. The number of carbonyl (C=O) groups excluding carboxylic acids is 1. The summed E-state index contributed by atoms with van der Waals surface area (Å²) in [6, 6.07) is 2.04. The van der Waals surface area contributed by atoms with E-state index in [-0.39, 0.29) is 23.6 Å². The zero-order valence-electron chi connectivity index (χ0n) is 16.1. The molecule has 152 valence electrons. The van der Waals surface area contributed by atoms with Gasteiger partial charge < -0.3 is 9.64 Å². The third-order valence-corrected chi connectivity index (χ3v) is 6.99. The van der Waals surface area contributed by atoms with Crippen LogP contribution in [0.3, 0.4) is 0 Å². The lowest BCUT2D eigenvalue weighted by molar-refractivity contribution is -0.133. The first kappa shape index (κ1) is 18.6. The van der Waals surface area contributed by atoms with E-state index in [1.54, 1.807) is 34.8 Å². The Balaban J connectivity index is 1.20. The van der Waals surface area contributed by atoms with E-state index >= 15 is 0 Å². The number of aromatic nitrogens is 4. The number of piperidine rings is 1. The number of fused-ring (bicyclic) bond motifs is 2. The van der Waals surface area contributed by atoms with Crippen molar-refractivity contribution in [2.24, 2.45) is 0 Å². The highest BCUT2D eigenvalue weighted by molar-refractivity contribution is 7.99. The molecule has 0 radical (unpaired) electrons. The molecule has 1 atom stereocenters. The fraction of sp³-hybridized carbons (Fsp3) is 0.550. The molecule has 1 fully saturated rings. The lowest BCUT2D eigenvalue weighted by atomic mass is 10.1. The molecule has 3 aliphatic rings. The molecule has 1 unspecified atom stereocenters. The molecular formula is C20H23N5O3S. The van der Waals surface area contributed by atoms with Gasteiger partial charge in [0, 0.05) is 56.1 Å². The van der Waals surface area contributed by atoms with Crippen LogP contribution in [0.4, 0.5) is 0 Å². The molecule has 0 N–H and O–H groups in total. The molecule has 1 saturated heterocycles. The van der Waals surface area contributed by atoms with Crippen LogP contribution < -0.4 is 10.3 Å². The van der Waals surface area contributed by atoms with Crippen molar-refractivity contribution in [2.45, 2.75) is 55.8 Å². The molecule has 1 amide bonds. The number of carbonyl (C=O) groups is 1. The second kappa shape index (κ2) is 7.78. The van der Waals surface area contributed by atoms with E-state index in [9.17, 15) is 9.59 Å². The van der Waals surface area contributed by atoms with Gasteiger partial charge in [0.2, 0.25) is 5.91 Å². The highest BCUT2D eigenvalue weighted by atomic mass is 32.2. The number of rotatable bonds is 4. The number of hydrogen-bond acceptors (Lipinski definition) is 7. The Morgan fingerprint density at radius 2 is 2.00 bits per heavy atom. The van der Waals surface area contributed by atoms with Crippen molar-refractivity contribution >= 4 is 17.7 Å². The fourth-order valence-electron chi connectivity index (χ4n) is 4.35. The van der Waals surface area contributed by atoms with Crippen LogP contribution in [-0.2, 0) is 17.6 Å². The van der Waals surface area contributed by atoms with Crippen LogP contribution in [0.5, 0.6) is 6.01 Å². The van der Waals surface area contributed by atoms with Gasteiger partial charge in [0.1, 0.15) is 6.10 Å². The van der Waals surface area contributed by atoms with Gasteiger partial charge in [-0.05, 0) is 25.3 Å². The van der Waals surface area contributed by atoms with E-state index in [2.05, 4.69) is 15.0 Å². The van der Waals surface area contributed by atoms with Crippen molar-refractivity contribution in [3.8, 4) is 6.01 Å². The van der Waals surface area contributed by atoms with E-state index in [0.29, 0.717) is 25.5 Å². The Morgan fingerprint density at radius 1 is 1.21 bits per heavy atom. The van der Waals surface area contributed by atoms with Crippen LogP contribution in [0.1, 0.15) is 43.0 Å². The maximum Gasteiger partial charge on any atom is 0.316 e. The molecule has 4 heterocycles. The second-order valence-corrected chi connectivity index (χ2v) is 8.73. The molecule has 0 bridgehead atoms. The molecule has 9 heteroatoms. The van der Waals surface area contributed by atoms with Gasteiger partial charge in [0.15, 0.2) is 5.16 Å². The summed E-state index contributed by atoms with van der Waals surface area (Å²) in [6.07, 6.45) is 7.92. The van der Waals surface area contributed by atoms with Gasteiger partial charge in [-0.15, -0.1) is 0 Å². The van der Waals surface area contributed by atoms with E-state index in [1.165, 1.54) is 0 Å². The van der Waals surface area contributed by atoms with Crippen molar-refractivity contribution in [1.29, 1.82) is 0 Å². The van der Waals surface area contributed by atoms with E-state index in [4.69, 9.17) is 4.74 Å². The molecule has 5 rings (SSSR count). The number of hydrogen-bond donors (Lipinski definition) is 0. The molecule has 29 heavy (non-hydrogen) atoms. The first-order valence-electron chi connectivity index (χ1n) is 10.2. The van der Waals surface area contributed by atoms with Crippen molar-refractivity contribution in [2.75, 3.05) is 18.8 Å². The third-order valence-electron chi connectivity index (χ3n) is 5.89. The molecule has 0 spiro atoms. The van der Waals surface area contributed by atoms with Crippen LogP contribution in [0.15, 0.2) is 28.4 Å². The quantitative estimate of drug-likeness (QED) is 0.704. The van der Waals surface area contributed by atoms with Gasteiger partial charge in [0.05, 0.1) is 11.7 Å². The molecule has 2 aliphatic heterocycles. The summed E-state index contributed by atoms with van der Waals surface area (Å²) in [5.41, 5.74) is 1.89. The van der Waals surface area contributed by atoms with E-state index in [0.717, 1.165) is 54.3 Å². The summed E-state index contributed by atoms with van der Waals surface area (Å²) in [5.74, 6) is 0.840. The summed E-state index contributed by atoms with van der Waals surface area (Å²) in [6.45, 7) is 1.31. The Kier molecular flexibility index (Phi) is 4.99. The minimum Gasteiger partial charge on any atom is -0.460 e. The van der Waals surface area contributed by atoms with Crippen LogP contribution in [0, 0.1) is 0 Å². The highest BCUT2D eigenvalue weighted by Crippen LogP contribution is 2.34. The second-order valence-electron chi connectivity index (χ2n) is 7.75. The smallest absolute Gasteiger partial charge is 0.316 e. The zero-order valence-corrected chi connectivity index (χ0v) is 16.9. The highest BCUT2D eigenvalue weighted by Gasteiger charge is 2.33. The topological polar surface area (TPSA) is 90.2 Å². The van der Waals surface area contributed by atoms with Gasteiger partial charge >= 0.3 is 6.01 Å². The lowest BCUT2D eigenvalue weighted by Gasteiger charge is -2.32. The minimum atomic E-state index is -0.0971. The normalized spacial score (nSPS) is 21.1. The SMILES string of the molecule is O=C(CC1CSc2nc3c(c(=O)n21)CCC3)N1CCC(Oc2ncccn2)CC1. The first-order valence-corrected chi connectivity index (χ1v) is 11.2. The molecule has 0 saturated carbocycles. The summed E-state index contributed by atoms with van der Waals surface area (Å²) in [5, 5.41) is 0.781. The molecule has 0 aromatic carbocycles. The summed E-state index contributed by atoms with van der Waals surface area (Å²) < 4.78 is 7.58. The average Bonchev–Trinajstić information content (AvgIpc) is 3.37. The van der Waals surface area contributed by atoms with E-state index in [1.807, 2.05) is 4.90 Å². The fourth-order valence-corrected chi connectivity index (χ4v) is 5.51. The Hall–Kier alpha value is -2.42. The number of nitrogens with zero attached hydrogens (tertiary/aromatic N) is 5. The van der Waals surface area contributed by atoms with Gasteiger partial charge in [-0.25, -0.2) is 15.0 Å². The van der Waals surface area contributed by atoms with Gasteiger partial charge in [0.25, 0.3) is 5.56 Å². The average molecular weight is 414 g/mol. The van der Waals surface area contributed by atoms with Gasteiger partial charge in [-0.1, -0.05) is 11.8 Å². The van der Waals surface area contributed by atoms with Gasteiger partial charge in [-0.3, -0.25) is 14.2 Å². The standard InChI is InChI=1S/C20H23N5O3S/c26-17(24-9-5-14(6-10-24)28-19-21-7-2-8-22-19)11-13-12-29-20-23-16-4-1-3-15(16)18(27)25(13)20/h2,7-8,13-14H,1,3-6,9-12H2. The number of amides is 1. The zero-order chi connectivity index (χ0) is 19.8. The number of aryl methyl sites for hydroxylation is 1. The van der Waals surface area contributed by atoms with Crippen LogP contribution in [0.2, 0.25) is 0 Å². The number of likely N-dealkylation sites (tertiary alicyclic amines) is 1. The van der Waals surface area contributed by atoms with Crippen molar-refractivity contribution < 1.29 is 9.53 Å². The lowest BCUT2D eigenvalue weighted by Crippen LogP contribution is -2.43. The maximum absolute atomic E-state index is 12.9. The molecule has 2 aromatic rings. The third kappa shape index (κ3) is 3.63.